The van der Waals surface area contributed by atoms with Crippen molar-refractivity contribution >= 4 is 34.2 Å². The van der Waals surface area contributed by atoms with E-state index in [0.717, 1.165) is 11.3 Å². The minimum atomic E-state index is 0.274. The van der Waals surface area contributed by atoms with Crippen LogP contribution >= 0.6 is 23.6 Å². The number of anilines is 1. The summed E-state index contributed by atoms with van der Waals surface area (Å²) in [6.07, 6.45) is 0. The minimum absolute atomic E-state index is 0.274. The van der Waals surface area contributed by atoms with Crippen molar-refractivity contribution in [3.8, 4) is 0 Å². The second-order valence-corrected chi connectivity index (χ2v) is 6.21. The van der Waals surface area contributed by atoms with Crippen LogP contribution in [0, 0.1) is 5.92 Å². The van der Waals surface area contributed by atoms with E-state index >= 15 is 0 Å². The van der Waals surface area contributed by atoms with Gasteiger partial charge in [-0.1, -0.05) is 44.3 Å². The van der Waals surface area contributed by atoms with E-state index in [2.05, 4.69) is 36.7 Å². The summed E-state index contributed by atoms with van der Waals surface area (Å²) in [7, 11) is 0. The second kappa shape index (κ2) is 6.17. The molecule has 0 saturated carbocycles. The summed E-state index contributed by atoms with van der Waals surface area (Å²) in [6, 6.07) is 12.4. The maximum Gasteiger partial charge on any atom is 0.106 e. The quantitative estimate of drug-likeness (QED) is 0.811. The van der Waals surface area contributed by atoms with Crippen LogP contribution in [0.25, 0.3) is 0 Å². The fraction of sp³-hybridized carbons (Fsp3) is 0.267. The zero-order valence-corrected chi connectivity index (χ0v) is 12.7. The van der Waals surface area contributed by atoms with Crippen LogP contribution in [0.4, 0.5) is 5.69 Å². The normalized spacial score (nSPS) is 12.4. The molecule has 1 atom stereocenters. The number of rotatable bonds is 5. The molecule has 2 aromatic rings. The third kappa shape index (κ3) is 3.33. The summed E-state index contributed by atoms with van der Waals surface area (Å²) in [5, 5.41) is 5.68. The Morgan fingerprint density at radius 3 is 2.53 bits per heavy atom. The zero-order chi connectivity index (χ0) is 13.8. The Morgan fingerprint density at radius 2 is 1.95 bits per heavy atom. The maximum atomic E-state index is 5.78. The number of nitrogens with two attached hydrogens (primary N) is 1. The molecule has 19 heavy (non-hydrogen) atoms. The largest absolute Gasteiger partial charge is 0.389 e. The molecule has 1 aromatic carbocycles. The van der Waals surface area contributed by atoms with Crippen molar-refractivity contribution < 1.29 is 0 Å². The third-order valence-corrected chi connectivity index (χ3v) is 4.20. The van der Waals surface area contributed by atoms with E-state index < -0.39 is 0 Å². The number of hydrogen-bond donors (Lipinski definition) is 2. The van der Waals surface area contributed by atoms with E-state index in [4.69, 9.17) is 18.0 Å². The minimum Gasteiger partial charge on any atom is -0.389 e. The van der Waals surface area contributed by atoms with Gasteiger partial charge in [0.05, 0.1) is 6.04 Å². The monoisotopic (exact) mass is 290 g/mol. The number of thiophene rings is 1. The average molecular weight is 290 g/mol. The van der Waals surface area contributed by atoms with Crippen LogP contribution in [0.15, 0.2) is 41.8 Å². The van der Waals surface area contributed by atoms with Crippen LogP contribution in [-0.4, -0.2) is 4.99 Å². The first kappa shape index (κ1) is 14.0. The molecule has 2 nitrogen and oxygen atoms in total. The molecule has 0 saturated heterocycles. The van der Waals surface area contributed by atoms with Crippen LogP contribution in [0.1, 0.15) is 30.3 Å². The Bertz CT molecular complexity index is 547. The molecule has 3 N–H and O–H groups in total. The smallest absolute Gasteiger partial charge is 0.106 e. The van der Waals surface area contributed by atoms with Gasteiger partial charge in [0.2, 0.25) is 0 Å². The SMILES string of the molecule is CC(C)C(Nc1ccccc1C(N)=S)c1cccs1. The lowest BCUT2D eigenvalue weighted by Crippen LogP contribution is -2.19. The molecular weight excluding hydrogens is 272 g/mol. The van der Waals surface area contributed by atoms with Crippen LogP contribution in [0.3, 0.4) is 0 Å². The predicted octanol–water partition coefficient (Wildman–Crippen LogP) is 4.19. The lowest BCUT2D eigenvalue weighted by molar-refractivity contribution is 0.554. The summed E-state index contributed by atoms with van der Waals surface area (Å²) < 4.78 is 0. The molecule has 0 spiro atoms. The molecule has 1 heterocycles. The van der Waals surface area contributed by atoms with Gasteiger partial charge in [0, 0.05) is 16.1 Å². The van der Waals surface area contributed by atoms with Gasteiger partial charge in [-0.3, -0.25) is 0 Å². The molecule has 0 amide bonds. The summed E-state index contributed by atoms with van der Waals surface area (Å²) in [5.74, 6) is 0.484. The average Bonchev–Trinajstić information content (AvgIpc) is 2.89. The molecule has 0 aliphatic carbocycles. The van der Waals surface area contributed by atoms with Crippen LogP contribution in [0.5, 0.6) is 0 Å². The van der Waals surface area contributed by atoms with Gasteiger partial charge in [-0.15, -0.1) is 11.3 Å². The van der Waals surface area contributed by atoms with Crippen molar-refractivity contribution in [2.45, 2.75) is 19.9 Å². The highest BCUT2D eigenvalue weighted by Crippen LogP contribution is 2.30. The molecule has 0 aliphatic heterocycles. The van der Waals surface area contributed by atoms with Gasteiger partial charge in [0.25, 0.3) is 0 Å². The summed E-state index contributed by atoms with van der Waals surface area (Å²) in [5.41, 5.74) is 7.68. The topological polar surface area (TPSA) is 38.0 Å². The molecule has 1 aromatic heterocycles. The molecule has 0 radical (unpaired) electrons. The van der Waals surface area contributed by atoms with Crippen molar-refractivity contribution in [2.24, 2.45) is 11.7 Å². The van der Waals surface area contributed by atoms with Crippen LogP contribution in [0.2, 0.25) is 0 Å². The molecule has 1 unspecified atom stereocenters. The number of thiocarbonyl (C=S) groups is 1. The van der Waals surface area contributed by atoms with Crippen molar-refractivity contribution in [1.82, 2.24) is 0 Å². The van der Waals surface area contributed by atoms with Gasteiger partial charge in [-0.2, -0.15) is 0 Å². The fourth-order valence-corrected chi connectivity index (χ4v) is 3.15. The second-order valence-electron chi connectivity index (χ2n) is 4.79. The molecule has 2 rings (SSSR count). The number of nitrogens with one attached hydrogen (secondary N) is 1. The summed E-state index contributed by atoms with van der Waals surface area (Å²) in [6.45, 7) is 4.42. The van der Waals surface area contributed by atoms with E-state index in [-0.39, 0.29) is 6.04 Å². The van der Waals surface area contributed by atoms with E-state index in [9.17, 15) is 0 Å². The Hall–Kier alpha value is -1.39. The lowest BCUT2D eigenvalue weighted by Gasteiger charge is -2.24. The summed E-state index contributed by atoms with van der Waals surface area (Å²) >= 11 is 6.87. The van der Waals surface area contributed by atoms with Gasteiger partial charge in [0.1, 0.15) is 4.99 Å². The number of benzene rings is 1. The summed E-state index contributed by atoms with van der Waals surface area (Å²) in [4.78, 5) is 1.75. The van der Waals surface area contributed by atoms with E-state index in [1.165, 1.54) is 4.88 Å². The standard InChI is InChI=1S/C15H18N2S2/c1-10(2)14(13-8-5-9-19-13)17-12-7-4-3-6-11(12)15(16)18/h3-10,14,17H,1-2H3,(H2,16,18). The molecule has 0 aliphatic rings. The first-order chi connectivity index (χ1) is 9.09. The first-order valence-electron chi connectivity index (χ1n) is 6.28. The Labute approximate surface area is 123 Å². The van der Waals surface area contributed by atoms with Gasteiger partial charge < -0.3 is 11.1 Å². The highest BCUT2D eigenvalue weighted by molar-refractivity contribution is 7.80. The van der Waals surface area contributed by atoms with Gasteiger partial charge in [0.15, 0.2) is 0 Å². The Balaban J connectivity index is 2.30. The van der Waals surface area contributed by atoms with Gasteiger partial charge in [-0.05, 0) is 29.5 Å². The van der Waals surface area contributed by atoms with Crippen LogP contribution < -0.4 is 11.1 Å². The fourth-order valence-electron chi connectivity index (χ4n) is 2.03. The maximum absolute atomic E-state index is 5.78. The number of hydrogen-bond acceptors (Lipinski definition) is 3. The van der Waals surface area contributed by atoms with Gasteiger partial charge in [-0.25, -0.2) is 0 Å². The molecule has 0 bridgehead atoms. The van der Waals surface area contributed by atoms with Crippen molar-refractivity contribution in [3.05, 3.63) is 52.2 Å². The molecule has 100 valence electrons. The highest BCUT2D eigenvalue weighted by Gasteiger charge is 2.18. The molecule has 4 heteroatoms. The van der Waals surface area contributed by atoms with Crippen molar-refractivity contribution in [3.63, 3.8) is 0 Å². The van der Waals surface area contributed by atoms with Crippen molar-refractivity contribution in [1.29, 1.82) is 0 Å². The van der Waals surface area contributed by atoms with E-state index in [1.807, 2.05) is 24.3 Å². The Kier molecular flexibility index (Phi) is 4.56. The molecule has 0 fully saturated rings. The molecular formula is C15H18N2S2. The van der Waals surface area contributed by atoms with Gasteiger partial charge >= 0.3 is 0 Å². The predicted molar refractivity (Wildman–Crippen MR) is 87.9 cm³/mol. The third-order valence-electron chi connectivity index (χ3n) is 3.02. The highest BCUT2D eigenvalue weighted by atomic mass is 32.1. The first-order valence-corrected chi connectivity index (χ1v) is 7.57. The zero-order valence-electron chi connectivity index (χ0n) is 11.1. The lowest BCUT2D eigenvalue weighted by atomic mass is 10.0. The van der Waals surface area contributed by atoms with Crippen LogP contribution in [-0.2, 0) is 0 Å². The van der Waals surface area contributed by atoms with E-state index in [1.54, 1.807) is 11.3 Å². The number of para-hydroxylation sites is 1. The Morgan fingerprint density at radius 1 is 1.21 bits per heavy atom. The van der Waals surface area contributed by atoms with E-state index in [0.29, 0.717) is 10.9 Å². The van der Waals surface area contributed by atoms with Crippen molar-refractivity contribution in [2.75, 3.05) is 5.32 Å².